The maximum atomic E-state index is 6.13. The number of aromatic nitrogens is 2. The molecule has 0 atom stereocenters. The Kier molecular flexibility index (Phi) is 4.98. The van der Waals surface area contributed by atoms with Gasteiger partial charge in [0.1, 0.15) is 11.0 Å². The maximum absolute atomic E-state index is 6.13. The molecule has 0 N–H and O–H groups in total. The molecule has 0 saturated carbocycles. The number of benzene rings is 1. The Morgan fingerprint density at radius 2 is 2.11 bits per heavy atom. The molecular weight excluding hydrogens is 426 g/mol. The summed E-state index contributed by atoms with van der Waals surface area (Å²) < 4.78 is 2.02. The smallest absolute Gasteiger partial charge is 0.146 e. The third-order valence-corrected chi connectivity index (χ3v) is 4.73. The first-order valence-electron chi connectivity index (χ1n) is 5.55. The van der Waals surface area contributed by atoms with Crippen LogP contribution < -0.4 is 0 Å². The lowest BCUT2D eigenvalue weighted by Crippen LogP contribution is -2.03. The average molecular weight is 438 g/mol. The van der Waals surface area contributed by atoms with Gasteiger partial charge in [-0.15, -0.1) is 0 Å². The van der Waals surface area contributed by atoms with E-state index in [4.69, 9.17) is 11.6 Å². The normalized spacial score (nSPS) is 10.7. The van der Waals surface area contributed by atoms with Crippen LogP contribution in [-0.2, 0) is 12.8 Å². The summed E-state index contributed by atoms with van der Waals surface area (Å²) >= 11 is 11.8. The van der Waals surface area contributed by atoms with Gasteiger partial charge >= 0.3 is 0 Å². The summed E-state index contributed by atoms with van der Waals surface area (Å²) in [6, 6.07) is 8.14. The molecule has 0 amide bonds. The lowest BCUT2D eigenvalue weighted by molar-refractivity contribution is 0.895. The molecule has 94 valence electrons. The summed E-state index contributed by atoms with van der Waals surface area (Å²) in [4.78, 5) is 8.90. The fourth-order valence-electron chi connectivity index (χ4n) is 1.65. The Morgan fingerprint density at radius 3 is 2.78 bits per heavy atom. The topological polar surface area (TPSA) is 25.8 Å². The van der Waals surface area contributed by atoms with Crippen LogP contribution >= 0.6 is 50.1 Å². The highest BCUT2D eigenvalue weighted by Crippen LogP contribution is 2.21. The zero-order valence-corrected chi connectivity index (χ0v) is 14.3. The largest absolute Gasteiger partial charge is 0.236 e. The zero-order valence-electron chi connectivity index (χ0n) is 9.75. The monoisotopic (exact) mass is 436 g/mol. The van der Waals surface area contributed by atoms with E-state index in [0.29, 0.717) is 11.6 Å². The number of aryl methyl sites for hydroxylation is 1. The van der Waals surface area contributed by atoms with Gasteiger partial charge in [0.05, 0.1) is 9.26 Å². The van der Waals surface area contributed by atoms with E-state index in [1.807, 2.05) is 12.1 Å². The van der Waals surface area contributed by atoms with Gasteiger partial charge in [-0.3, -0.25) is 0 Å². The summed E-state index contributed by atoms with van der Waals surface area (Å²) in [7, 11) is 0. The van der Waals surface area contributed by atoms with E-state index >= 15 is 0 Å². The highest BCUT2D eigenvalue weighted by molar-refractivity contribution is 14.1. The summed E-state index contributed by atoms with van der Waals surface area (Å²) in [6.45, 7) is 2.07. The minimum atomic E-state index is 0.549. The molecule has 0 bridgehead atoms. The van der Waals surface area contributed by atoms with E-state index in [9.17, 15) is 0 Å². The second kappa shape index (κ2) is 6.30. The Labute approximate surface area is 133 Å². The molecule has 0 aliphatic carbocycles. The van der Waals surface area contributed by atoms with E-state index in [2.05, 4.69) is 67.5 Å². The van der Waals surface area contributed by atoms with Crippen molar-refractivity contribution in [3.8, 4) is 0 Å². The van der Waals surface area contributed by atoms with Gasteiger partial charge in [-0.1, -0.05) is 46.6 Å². The van der Waals surface area contributed by atoms with E-state index in [0.717, 1.165) is 26.0 Å². The molecule has 0 spiro atoms. The van der Waals surface area contributed by atoms with Crippen LogP contribution in [0.25, 0.3) is 0 Å². The quantitative estimate of drug-likeness (QED) is 0.516. The minimum Gasteiger partial charge on any atom is -0.236 e. The van der Waals surface area contributed by atoms with Crippen LogP contribution in [0.2, 0.25) is 5.15 Å². The second-order valence-corrected chi connectivity index (χ2v) is 6.20. The number of halogens is 3. The van der Waals surface area contributed by atoms with E-state index in [1.54, 1.807) is 0 Å². The van der Waals surface area contributed by atoms with Crippen LogP contribution in [-0.4, -0.2) is 9.97 Å². The van der Waals surface area contributed by atoms with Gasteiger partial charge in [-0.25, -0.2) is 9.97 Å². The molecular formula is C13H11BrClIN2. The molecule has 0 radical (unpaired) electrons. The van der Waals surface area contributed by atoms with Crippen molar-refractivity contribution in [2.45, 2.75) is 19.8 Å². The summed E-state index contributed by atoms with van der Waals surface area (Å²) in [6.07, 6.45) is 1.56. The van der Waals surface area contributed by atoms with Crippen molar-refractivity contribution in [1.29, 1.82) is 0 Å². The van der Waals surface area contributed by atoms with Crippen molar-refractivity contribution >= 4 is 50.1 Å². The van der Waals surface area contributed by atoms with Gasteiger partial charge in [0.15, 0.2) is 0 Å². The first-order valence-corrected chi connectivity index (χ1v) is 7.80. The molecule has 5 heteroatoms. The van der Waals surface area contributed by atoms with Gasteiger partial charge in [0, 0.05) is 10.9 Å². The molecule has 2 rings (SSSR count). The summed E-state index contributed by atoms with van der Waals surface area (Å²) in [5, 5.41) is 0.549. The number of rotatable bonds is 3. The van der Waals surface area contributed by atoms with Crippen molar-refractivity contribution < 1.29 is 0 Å². The van der Waals surface area contributed by atoms with Crippen LogP contribution in [0.4, 0.5) is 0 Å². The Morgan fingerprint density at radius 1 is 1.33 bits per heavy atom. The predicted molar refractivity (Wildman–Crippen MR) is 86.1 cm³/mol. The highest BCUT2D eigenvalue weighted by Gasteiger charge is 2.09. The number of hydrogen-bond acceptors (Lipinski definition) is 2. The Bertz CT molecular complexity index is 575. The van der Waals surface area contributed by atoms with Crippen molar-refractivity contribution in [2.75, 3.05) is 0 Å². The Balaban J connectivity index is 2.32. The van der Waals surface area contributed by atoms with E-state index < -0.39 is 0 Å². The Hall–Kier alpha value is -0.200. The summed E-state index contributed by atoms with van der Waals surface area (Å²) in [5.41, 5.74) is 2.18. The van der Waals surface area contributed by atoms with Gasteiger partial charge < -0.3 is 0 Å². The molecule has 0 saturated heterocycles. The van der Waals surface area contributed by atoms with Gasteiger partial charge in [-0.05, 0) is 46.7 Å². The highest BCUT2D eigenvalue weighted by atomic mass is 127. The molecule has 0 fully saturated rings. The molecule has 2 aromatic rings. The first-order chi connectivity index (χ1) is 8.60. The van der Waals surface area contributed by atoms with Gasteiger partial charge in [0.25, 0.3) is 0 Å². The molecule has 1 aromatic heterocycles. The fourth-order valence-corrected chi connectivity index (χ4v) is 2.93. The second-order valence-electron chi connectivity index (χ2n) is 3.85. The molecule has 1 aromatic carbocycles. The third-order valence-electron chi connectivity index (χ3n) is 2.51. The van der Waals surface area contributed by atoms with Crippen molar-refractivity contribution in [3.63, 3.8) is 0 Å². The van der Waals surface area contributed by atoms with E-state index in [1.165, 1.54) is 5.56 Å². The third kappa shape index (κ3) is 3.42. The molecule has 1 heterocycles. The number of hydrogen-bond donors (Lipinski definition) is 0. The minimum absolute atomic E-state index is 0.549. The van der Waals surface area contributed by atoms with Crippen molar-refractivity contribution in [3.05, 3.63) is 54.5 Å². The maximum Gasteiger partial charge on any atom is 0.146 e. The van der Waals surface area contributed by atoms with Gasteiger partial charge in [0.2, 0.25) is 0 Å². The van der Waals surface area contributed by atoms with Crippen LogP contribution in [0.3, 0.4) is 0 Å². The van der Waals surface area contributed by atoms with Crippen LogP contribution in [0.5, 0.6) is 0 Å². The predicted octanol–water partition coefficient (Wildman–Crippen LogP) is 4.65. The lowest BCUT2D eigenvalue weighted by Gasteiger charge is -2.07. The molecule has 2 nitrogen and oxygen atoms in total. The number of nitrogens with zero attached hydrogens (tertiary/aromatic N) is 2. The molecule has 18 heavy (non-hydrogen) atoms. The molecule has 0 aliphatic rings. The van der Waals surface area contributed by atoms with Crippen LogP contribution in [0, 0.1) is 3.57 Å². The van der Waals surface area contributed by atoms with Crippen molar-refractivity contribution in [1.82, 2.24) is 9.97 Å². The standard InChI is InChI=1S/C13H11BrClIN2/c1-2-10-12(16)13(15)18-11(17-10)7-8-4-3-5-9(14)6-8/h3-6H,2,7H2,1H3. The van der Waals surface area contributed by atoms with E-state index in [-0.39, 0.29) is 0 Å². The average Bonchev–Trinajstić information content (AvgIpc) is 2.33. The molecule has 0 aliphatic heterocycles. The van der Waals surface area contributed by atoms with Crippen LogP contribution in [0.1, 0.15) is 24.0 Å². The molecule has 0 unspecified atom stereocenters. The SMILES string of the molecule is CCc1nc(Cc2cccc(Br)c2)nc(Cl)c1I. The zero-order chi connectivity index (χ0) is 13.1. The summed E-state index contributed by atoms with van der Waals surface area (Å²) in [5.74, 6) is 0.773. The van der Waals surface area contributed by atoms with Crippen LogP contribution in [0.15, 0.2) is 28.7 Å². The van der Waals surface area contributed by atoms with Crippen molar-refractivity contribution in [2.24, 2.45) is 0 Å². The fraction of sp³-hybridized carbons (Fsp3) is 0.231. The van der Waals surface area contributed by atoms with Gasteiger partial charge in [-0.2, -0.15) is 0 Å². The lowest BCUT2D eigenvalue weighted by atomic mass is 10.1. The first kappa shape index (κ1) is 14.2.